The summed E-state index contributed by atoms with van der Waals surface area (Å²) >= 11 is 4.74. The van der Waals surface area contributed by atoms with Gasteiger partial charge in [-0.2, -0.15) is 0 Å². The lowest BCUT2D eigenvalue weighted by Crippen LogP contribution is -2.34. The van der Waals surface area contributed by atoms with Crippen molar-refractivity contribution in [2.24, 2.45) is 0 Å². The lowest BCUT2D eigenvalue weighted by Gasteiger charge is -2.14. The number of hydrogen-bond donors (Lipinski definition) is 1. The molecule has 1 amide bonds. The fourth-order valence-corrected chi connectivity index (χ4v) is 2.17. The molecule has 0 aromatic carbocycles. The predicted molar refractivity (Wildman–Crippen MR) is 62.1 cm³/mol. The highest BCUT2D eigenvalue weighted by molar-refractivity contribution is 9.09. The van der Waals surface area contributed by atoms with E-state index < -0.39 is 0 Å². The van der Waals surface area contributed by atoms with Crippen molar-refractivity contribution in [3.63, 3.8) is 0 Å². The summed E-state index contributed by atoms with van der Waals surface area (Å²) in [5.41, 5.74) is 1.67. The van der Waals surface area contributed by atoms with Crippen LogP contribution in [0, 0.1) is 0 Å². The van der Waals surface area contributed by atoms with E-state index in [1.54, 1.807) is 11.7 Å². The third kappa shape index (κ3) is 3.38. The zero-order chi connectivity index (χ0) is 10.4. The third-order valence-electron chi connectivity index (χ3n) is 1.94. The second-order valence-corrected chi connectivity index (χ2v) is 4.60. The Kier molecular flexibility index (Phi) is 5.11. The minimum atomic E-state index is -0.0136. The number of halogens is 1. The van der Waals surface area contributed by atoms with Gasteiger partial charge < -0.3 is 5.32 Å². The van der Waals surface area contributed by atoms with Crippen LogP contribution in [0.3, 0.4) is 0 Å². The molecular formula is C9H13BrN2OS. The van der Waals surface area contributed by atoms with Gasteiger partial charge in [0.05, 0.1) is 11.7 Å². The minimum absolute atomic E-state index is 0.0136. The van der Waals surface area contributed by atoms with Crippen LogP contribution in [0.4, 0.5) is 0 Å². The molecule has 0 fully saturated rings. The van der Waals surface area contributed by atoms with E-state index in [9.17, 15) is 4.79 Å². The molecule has 14 heavy (non-hydrogen) atoms. The van der Waals surface area contributed by atoms with E-state index in [1.165, 1.54) is 11.3 Å². The maximum Gasteiger partial charge on any atom is 0.263 e. The first-order valence-corrected chi connectivity index (χ1v) is 6.53. The van der Waals surface area contributed by atoms with Gasteiger partial charge in [-0.05, 0) is 12.8 Å². The molecule has 0 aliphatic heterocycles. The predicted octanol–water partition coefficient (Wildman–Crippen LogP) is 2.44. The second-order valence-electron chi connectivity index (χ2n) is 2.92. The topological polar surface area (TPSA) is 42.0 Å². The summed E-state index contributed by atoms with van der Waals surface area (Å²) in [6.07, 6.45) is 3.51. The van der Waals surface area contributed by atoms with Crippen molar-refractivity contribution >= 4 is 33.2 Å². The Morgan fingerprint density at radius 2 is 2.57 bits per heavy atom. The van der Waals surface area contributed by atoms with Gasteiger partial charge in [-0.15, -0.1) is 11.3 Å². The minimum Gasteiger partial charge on any atom is -0.349 e. The highest BCUT2D eigenvalue weighted by Gasteiger charge is 2.12. The van der Waals surface area contributed by atoms with Gasteiger partial charge in [-0.1, -0.05) is 22.9 Å². The molecule has 1 rings (SSSR count). The molecule has 5 heteroatoms. The maximum absolute atomic E-state index is 11.6. The smallest absolute Gasteiger partial charge is 0.263 e. The SMILES string of the molecule is CCC(CCBr)NC(=O)c1cncs1. The monoisotopic (exact) mass is 276 g/mol. The Bertz CT molecular complexity index is 276. The third-order valence-corrected chi connectivity index (χ3v) is 3.17. The van der Waals surface area contributed by atoms with Crippen LogP contribution in [0.1, 0.15) is 29.4 Å². The lowest BCUT2D eigenvalue weighted by molar-refractivity contribution is 0.0939. The van der Waals surface area contributed by atoms with Gasteiger partial charge in [-0.3, -0.25) is 9.78 Å². The largest absolute Gasteiger partial charge is 0.349 e. The Morgan fingerprint density at radius 1 is 1.79 bits per heavy atom. The van der Waals surface area contributed by atoms with Crippen molar-refractivity contribution in [2.45, 2.75) is 25.8 Å². The van der Waals surface area contributed by atoms with Gasteiger partial charge in [0.1, 0.15) is 4.88 Å². The van der Waals surface area contributed by atoms with Crippen molar-refractivity contribution in [3.8, 4) is 0 Å². The second kappa shape index (κ2) is 6.14. The average Bonchev–Trinajstić information content (AvgIpc) is 2.69. The number of thiazole rings is 1. The molecule has 0 bridgehead atoms. The fourth-order valence-electron chi connectivity index (χ4n) is 1.09. The van der Waals surface area contributed by atoms with E-state index >= 15 is 0 Å². The summed E-state index contributed by atoms with van der Waals surface area (Å²) in [6.45, 7) is 2.07. The molecule has 3 nitrogen and oxygen atoms in total. The van der Waals surface area contributed by atoms with Crippen molar-refractivity contribution in [1.82, 2.24) is 10.3 Å². The molecule has 0 aliphatic rings. The number of aromatic nitrogens is 1. The zero-order valence-corrected chi connectivity index (χ0v) is 10.4. The first-order chi connectivity index (χ1) is 6.77. The summed E-state index contributed by atoms with van der Waals surface area (Å²) in [5.74, 6) is -0.0136. The molecule has 0 radical (unpaired) electrons. The summed E-state index contributed by atoms with van der Waals surface area (Å²) < 4.78 is 0. The van der Waals surface area contributed by atoms with Crippen LogP contribution in [0.25, 0.3) is 0 Å². The normalized spacial score (nSPS) is 12.4. The van der Waals surface area contributed by atoms with E-state index in [0.717, 1.165) is 18.2 Å². The number of nitrogens with one attached hydrogen (secondary N) is 1. The van der Waals surface area contributed by atoms with Gasteiger partial charge in [0.25, 0.3) is 5.91 Å². The van der Waals surface area contributed by atoms with E-state index in [4.69, 9.17) is 0 Å². The molecule has 0 spiro atoms. The van der Waals surface area contributed by atoms with Gasteiger partial charge >= 0.3 is 0 Å². The Morgan fingerprint density at radius 3 is 3.07 bits per heavy atom. The molecule has 1 atom stereocenters. The number of carbonyl (C=O) groups is 1. The Hall–Kier alpha value is -0.420. The maximum atomic E-state index is 11.6. The van der Waals surface area contributed by atoms with E-state index in [1.807, 2.05) is 0 Å². The van der Waals surface area contributed by atoms with E-state index in [2.05, 4.69) is 33.2 Å². The molecule has 0 aliphatic carbocycles. The van der Waals surface area contributed by atoms with Crippen molar-refractivity contribution in [1.29, 1.82) is 0 Å². The van der Waals surface area contributed by atoms with Gasteiger partial charge in [0.15, 0.2) is 0 Å². The van der Waals surface area contributed by atoms with E-state index in [0.29, 0.717) is 4.88 Å². The molecule has 1 aromatic rings. The van der Waals surface area contributed by atoms with Crippen LogP contribution < -0.4 is 5.32 Å². The van der Waals surface area contributed by atoms with E-state index in [-0.39, 0.29) is 11.9 Å². The molecule has 1 aromatic heterocycles. The van der Waals surface area contributed by atoms with Gasteiger partial charge in [-0.25, -0.2) is 0 Å². The van der Waals surface area contributed by atoms with Crippen LogP contribution in [0.5, 0.6) is 0 Å². The molecule has 1 unspecified atom stereocenters. The standard InChI is InChI=1S/C9H13BrN2OS/c1-2-7(3-4-10)12-9(13)8-5-11-6-14-8/h5-7H,2-4H2,1H3,(H,12,13). The molecule has 1 N–H and O–H groups in total. The summed E-state index contributed by atoms with van der Waals surface area (Å²) in [4.78, 5) is 16.1. The highest BCUT2D eigenvalue weighted by atomic mass is 79.9. The van der Waals surface area contributed by atoms with Gasteiger partial charge in [0, 0.05) is 11.4 Å². The molecule has 78 valence electrons. The van der Waals surface area contributed by atoms with Crippen molar-refractivity contribution in [2.75, 3.05) is 5.33 Å². The van der Waals surface area contributed by atoms with Gasteiger partial charge in [0.2, 0.25) is 0 Å². The summed E-state index contributed by atoms with van der Waals surface area (Å²) in [7, 11) is 0. The number of nitrogens with zero attached hydrogens (tertiary/aromatic N) is 1. The number of carbonyl (C=O) groups excluding carboxylic acids is 1. The Balaban J connectivity index is 2.47. The number of amides is 1. The molecule has 0 saturated carbocycles. The Labute approximate surface area is 96.1 Å². The van der Waals surface area contributed by atoms with Crippen LogP contribution in [0.15, 0.2) is 11.7 Å². The van der Waals surface area contributed by atoms with Crippen molar-refractivity contribution in [3.05, 3.63) is 16.6 Å². The first kappa shape index (κ1) is 11.7. The van der Waals surface area contributed by atoms with Crippen LogP contribution in [-0.4, -0.2) is 22.3 Å². The van der Waals surface area contributed by atoms with Crippen molar-refractivity contribution < 1.29 is 4.79 Å². The lowest BCUT2D eigenvalue weighted by atomic mass is 10.2. The molecule has 1 heterocycles. The number of hydrogen-bond acceptors (Lipinski definition) is 3. The fraction of sp³-hybridized carbons (Fsp3) is 0.556. The quantitative estimate of drug-likeness (QED) is 0.840. The molecular weight excluding hydrogens is 264 g/mol. The molecule has 0 saturated heterocycles. The first-order valence-electron chi connectivity index (χ1n) is 4.53. The van der Waals surface area contributed by atoms with Crippen LogP contribution in [0.2, 0.25) is 0 Å². The zero-order valence-electron chi connectivity index (χ0n) is 8.00. The summed E-state index contributed by atoms with van der Waals surface area (Å²) in [5, 5.41) is 3.88. The summed E-state index contributed by atoms with van der Waals surface area (Å²) in [6, 6.07) is 0.254. The number of rotatable bonds is 5. The van der Waals surface area contributed by atoms with Crippen LogP contribution >= 0.6 is 27.3 Å². The highest BCUT2D eigenvalue weighted by Crippen LogP contribution is 2.07. The average molecular weight is 277 g/mol. The van der Waals surface area contributed by atoms with Crippen LogP contribution in [-0.2, 0) is 0 Å². The number of alkyl halides is 1.